The van der Waals surface area contributed by atoms with Crippen molar-refractivity contribution in [2.75, 3.05) is 50.9 Å². The Morgan fingerprint density at radius 1 is 1.17 bits per heavy atom. The molecule has 0 saturated carbocycles. The summed E-state index contributed by atoms with van der Waals surface area (Å²) >= 11 is 0. The average molecular weight is 481 g/mol. The molecule has 2 aromatic rings. The lowest BCUT2D eigenvalue weighted by atomic mass is 9.72. The van der Waals surface area contributed by atoms with Crippen molar-refractivity contribution in [3.63, 3.8) is 0 Å². The van der Waals surface area contributed by atoms with Gasteiger partial charge < -0.3 is 34.6 Å². The Bertz CT molecular complexity index is 1190. The Morgan fingerprint density at radius 3 is 2.71 bits per heavy atom. The maximum atomic E-state index is 14.1. The number of amides is 4. The molecule has 4 amide bonds. The fraction of sp³-hybridized carbons (Fsp3) is 0.400. The summed E-state index contributed by atoms with van der Waals surface area (Å²) in [4.78, 5) is 43.8. The van der Waals surface area contributed by atoms with E-state index in [0.717, 1.165) is 11.3 Å². The standard InChI is InChI=1S/C25H28N4O6/c1-25-21(16-6-4-5-7-18(16)28(23(25)31)10-11-33-3)17(22(30)26-2)13-29(25)24(32)27-15-8-9-19-20(12-15)35-14-34-19/h4-9,12,17,21H,10-11,13-14H2,1-3H3,(H,26,30)(H,27,32)/t17-,21+,25-/m0/s1. The summed E-state index contributed by atoms with van der Waals surface area (Å²) in [6.07, 6.45) is 0. The molecule has 0 aromatic heterocycles. The Morgan fingerprint density at radius 2 is 1.94 bits per heavy atom. The van der Waals surface area contributed by atoms with Crippen molar-refractivity contribution in [3.8, 4) is 11.5 Å². The molecule has 5 rings (SSSR count). The van der Waals surface area contributed by atoms with Gasteiger partial charge in [0.05, 0.1) is 12.5 Å². The molecule has 0 aliphatic carbocycles. The number of para-hydroxylation sites is 1. The van der Waals surface area contributed by atoms with E-state index in [0.29, 0.717) is 30.3 Å². The number of rotatable bonds is 5. The molecule has 2 aromatic carbocycles. The average Bonchev–Trinajstić information content (AvgIpc) is 3.46. The van der Waals surface area contributed by atoms with Gasteiger partial charge in [-0.05, 0) is 30.7 Å². The summed E-state index contributed by atoms with van der Waals surface area (Å²) in [5.41, 5.74) is 0.823. The minimum absolute atomic E-state index is 0.0927. The highest BCUT2D eigenvalue weighted by Gasteiger charge is 2.63. The second-order valence-electron chi connectivity index (χ2n) is 8.96. The van der Waals surface area contributed by atoms with Crippen molar-refractivity contribution in [2.24, 2.45) is 5.92 Å². The van der Waals surface area contributed by atoms with Gasteiger partial charge in [0, 0.05) is 50.6 Å². The van der Waals surface area contributed by atoms with Crippen LogP contribution in [0.15, 0.2) is 42.5 Å². The number of methoxy groups -OCH3 is 1. The fourth-order valence-corrected chi connectivity index (χ4v) is 5.48. The Labute approximate surface area is 203 Å². The third-order valence-electron chi connectivity index (χ3n) is 7.16. The van der Waals surface area contributed by atoms with Gasteiger partial charge in [0.1, 0.15) is 5.54 Å². The molecule has 35 heavy (non-hydrogen) atoms. The maximum Gasteiger partial charge on any atom is 0.322 e. The van der Waals surface area contributed by atoms with E-state index >= 15 is 0 Å². The maximum absolute atomic E-state index is 14.1. The van der Waals surface area contributed by atoms with Gasteiger partial charge in [-0.3, -0.25) is 9.59 Å². The summed E-state index contributed by atoms with van der Waals surface area (Å²) in [6.45, 7) is 2.63. The lowest BCUT2D eigenvalue weighted by molar-refractivity contribution is -0.128. The predicted octanol–water partition coefficient (Wildman–Crippen LogP) is 2.16. The third kappa shape index (κ3) is 3.56. The van der Waals surface area contributed by atoms with Crippen LogP contribution in [0.4, 0.5) is 16.2 Å². The van der Waals surface area contributed by atoms with Gasteiger partial charge in [0.2, 0.25) is 12.7 Å². The van der Waals surface area contributed by atoms with Crippen LogP contribution < -0.4 is 25.0 Å². The molecule has 10 nitrogen and oxygen atoms in total. The van der Waals surface area contributed by atoms with Gasteiger partial charge in [-0.2, -0.15) is 0 Å². The first-order valence-electron chi connectivity index (χ1n) is 11.5. The van der Waals surface area contributed by atoms with Crippen LogP contribution in [0.25, 0.3) is 0 Å². The molecular formula is C25H28N4O6. The van der Waals surface area contributed by atoms with E-state index in [4.69, 9.17) is 14.2 Å². The number of anilines is 2. The van der Waals surface area contributed by atoms with Gasteiger partial charge >= 0.3 is 6.03 Å². The molecule has 10 heteroatoms. The second kappa shape index (κ2) is 8.77. The minimum atomic E-state index is -1.28. The second-order valence-corrected chi connectivity index (χ2v) is 8.96. The highest BCUT2D eigenvalue weighted by Crippen LogP contribution is 2.53. The zero-order valence-corrected chi connectivity index (χ0v) is 19.9. The quantitative estimate of drug-likeness (QED) is 0.679. The smallest absolute Gasteiger partial charge is 0.322 e. The van der Waals surface area contributed by atoms with Crippen LogP contribution in [0.5, 0.6) is 11.5 Å². The first-order valence-corrected chi connectivity index (χ1v) is 11.5. The molecule has 184 valence electrons. The van der Waals surface area contributed by atoms with Crippen LogP contribution in [0.2, 0.25) is 0 Å². The molecule has 3 aliphatic heterocycles. The van der Waals surface area contributed by atoms with Gasteiger partial charge in [-0.1, -0.05) is 18.2 Å². The number of likely N-dealkylation sites (tertiary alicyclic amines) is 1. The van der Waals surface area contributed by atoms with E-state index in [1.54, 1.807) is 44.2 Å². The first kappa shape index (κ1) is 23.0. The Hall–Kier alpha value is -3.79. The Kier molecular flexibility index (Phi) is 5.76. The summed E-state index contributed by atoms with van der Waals surface area (Å²) in [7, 11) is 3.14. The molecule has 0 unspecified atom stereocenters. The number of hydrogen-bond acceptors (Lipinski definition) is 6. The number of urea groups is 1. The fourth-order valence-electron chi connectivity index (χ4n) is 5.48. The van der Waals surface area contributed by atoms with Crippen LogP contribution in [-0.2, 0) is 14.3 Å². The van der Waals surface area contributed by atoms with E-state index in [1.807, 2.05) is 24.3 Å². The van der Waals surface area contributed by atoms with Crippen molar-refractivity contribution in [1.82, 2.24) is 10.2 Å². The van der Waals surface area contributed by atoms with Crippen LogP contribution in [0, 0.1) is 5.92 Å². The molecule has 3 aliphatic rings. The molecule has 0 spiro atoms. The van der Waals surface area contributed by atoms with Crippen LogP contribution in [-0.4, -0.2) is 68.9 Å². The molecule has 0 bridgehead atoms. The lowest BCUT2D eigenvalue weighted by Gasteiger charge is -2.46. The van der Waals surface area contributed by atoms with Crippen molar-refractivity contribution in [2.45, 2.75) is 18.4 Å². The van der Waals surface area contributed by atoms with Crippen molar-refractivity contribution < 1.29 is 28.6 Å². The number of hydrogen-bond donors (Lipinski definition) is 2. The van der Waals surface area contributed by atoms with Crippen LogP contribution in [0.3, 0.4) is 0 Å². The van der Waals surface area contributed by atoms with Crippen molar-refractivity contribution in [3.05, 3.63) is 48.0 Å². The number of nitrogens with one attached hydrogen (secondary N) is 2. The van der Waals surface area contributed by atoms with Crippen LogP contribution in [0.1, 0.15) is 18.4 Å². The van der Waals surface area contributed by atoms with Gasteiger partial charge in [-0.15, -0.1) is 0 Å². The highest BCUT2D eigenvalue weighted by molar-refractivity contribution is 6.08. The summed E-state index contributed by atoms with van der Waals surface area (Å²) < 4.78 is 16.0. The predicted molar refractivity (Wildman–Crippen MR) is 128 cm³/mol. The number of nitrogens with zero attached hydrogens (tertiary/aromatic N) is 2. The highest BCUT2D eigenvalue weighted by atomic mass is 16.7. The topological polar surface area (TPSA) is 109 Å². The number of carbonyl (C=O) groups is 3. The SMILES string of the molecule is CNC(=O)[C@H]1CN(C(=O)Nc2ccc3c(c2)OCO3)[C@]2(C)C(=O)N(CCOC)c3ccccc3[C@H]12. The molecule has 3 heterocycles. The Balaban J connectivity index is 1.55. The zero-order chi connectivity index (χ0) is 24.7. The van der Waals surface area contributed by atoms with Crippen molar-refractivity contribution in [1.29, 1.82) is 0 Å². The largest absolute Gasteiger partial charge is 0.454 e. The molecular weight excluding hydrogens is 452 g/mol. The normalized spacial score (nSPS) is 24.1. The van der Waals surface area contributed by atoms with E-state index in [2.05, 4.69) is 10.6 Å². The van der Waals surface area contributed by atoms with E-state index < -0.39 is 23.4 Å². The van der Waals surface area contributed by atoms with E-state index in [9.17, 15) is 14.4 Å². The molecule has 1 saturated heterocycles. The number of ether oxygens (including phenoxy) is 3. The van der Waals surface area contributed by atoms with Crippen LogP contribution >= 0.6 is 0 Å². The monoisotopic (exact) mass is 480 g/mol. The van der Waals surface area contributed by atoms with Crippen molar-refractivity contribution >= 4 is 29.2 Å². The van der Waals surface area contributed by atoms with E-state index in [-0.39, 0.29) is 25.2 Å². The lowest BCUT2D eigenvalue weighted by Crippen LogP contribution is -2.62. The summed E-state index contributed by atoms with van der Waals surface area (Å²) in [6, 6.07) is 12.2. The van der Waals surface area contributed by atoms with Gasteiger partial charge in [0.25, 0.3) is 5.91 Å². The number of benzene rings is 2. The molecule has 1 fully saturated rings. The number of fused-ring (bicyclic) bond motifs is 4. The van der Waals surface area contributed by atoms with E-state index in [1.165, 1.54) is 4.90 Å². The van der Waals surface area contributed by atoms with Gasteiger partial charge in [0.15, 0.2) is 11.5 Å². The van der Waals surface area contributed by atoms with Gasteiger partial charge in [-0.25, -0.2) is 4.79 Å². The molecule has 2 N–H and O–H groups in total. The zero-order valence-electron chi connectivity index (χ0n) is 19.9. The summed E-state index contributed by atoms with van der Waals surface area (Å²) in [5, 5.41) is 5.59. The minimum Gasteiger partial charge on any atom is -0.454 e. The first-order chi connectivity index (χ1) is 16.9. The molecule has 0 radical (unpaired) electrons. The summed E-state index contributed by atoms with van der Waals surface area (Å²) in [5.74, 6) is -0.429. The molecule has 3 atom stereocenters. The third-order valence-corrected chi connectivity index (χ3v) is 7.16. The number of carbonyl (C=O) groups excluding carboxylic acids is 3.